The maximum absolute atomic E-state index is 12.8. The van der Waals surface area contributed by atoms with Gasteiger partial charge in [-0.15, -0.1) is 0 Å². The third kappa shape index (κ3) is 4.76. The highest BCUT2D eigenvalue weighted by molar-refractivity contribution is 7.92. The van der Waals surface area contributed by atoms with Crippen LogP contribution in [0.4, 0.5) is 24.5 Å². The predicted octanol–water partition coefficient (Wildman–Crippen LogP) is 2.68. The standard InChI is InChI=1S/C18H17F3N4O5S/c19-18(20,21)31(29,30)14-3-4-15(16(10-14)25(27)28)24-8-5-13(6-9-24)23-17(26)12-2-1-7-22-11-12/h1-4,7,10-11,13H,5-6,8-9H2,(H,23,26). The van der Waals surface area contributed by atoms with E-state index >= 15 is 0 Å². The number of sulfone groups is 1. The molecule has 0 bridgehead atoms. The van der Waals surface area contributed by atoms with Crippen LogP contribution in [-0.2, 0) is 9.84 Å². The normalized spacial score (nSPS) is 15.5. The van der Waals surface area contributed by atoms with Crippen molar-refractivity contribution < 1.29 is 31.3 Å². The van der Waals surface area contributed by atoms with Crippen molar-refractivity contribution in [2.75, 3.05) is 18.0 Å². The van der Waals surface area contributed by atoms with Crippen LogP contribution in [0.1, 0.15) is 23.2 Å². The highest BCUT2D eigenvalue weighted by Crippen LogP contribution is 2.36. The fourth-order valence-electron chi connectivity index (χ4n) is 3.25. The largest absolute Gasteiger partial charge is 0.501 e. The van der Waals surface area contributed by atoms with Crippen molar-refractivity contribution in [2.45, 2.75) is 29.3 Å². The van der Waals surface area contributed by atoms with E-state index in [0.717, 1.165) is 6.07 Å². The van der Waals surface area contributed by atoms with Crippen LogP contribution in [0.3, 0.4) is 0 Å². The molecule has 1 aromatic carbocycles. The first-order valence-corrected chi connectivity index (χ1v) is 10.5. The molecular weight excluding hydrogens is 441 g/mol. The fraction of sp³-hybridized carbons (Fsp3) is 0.333. The number of nitrogens with zero attached hydrogens (tertiary/aromatic N) is 3. The summed E-state index contributed by atoms with van der Waals surface area (Å²) >= 11 is 0. The molecule has 2 heterocycles. The molecule has 13 heteroatoms. The molecule has 1 amide bonds. The SMILES string of the molecule is O=C(NC1CCN(c2ccc(S(=O)(=O)C(F)(F)F)cc2[N+](=O)[O-])CC1)c1cccnc1. The summed E-state index contributed by atoms with van der Waals surface area (Å²) in [7, 11) is -5.70. The minimum absolute atomic E-state index is 0.0168. The molecule has 2 aromatic rings. The number of pyridine rings is 1. The summed E-state index contributed by atoms with van der Waals surface area (Å²) in [5.41, 5.74) is -5.89. The van der Waals surface area contributed by atoms with Crippen LogP contribution < -0.4 is 10.2 Å². The van der Waals surface area contributed by atoms with Gasteiger partial charge in [-0.3, -0.25) is 19.9 Å². The molecule has 9 nitrogen and oxygen atoms in total. The first-order valence-electron chi connectivity index (χ1n) is 9.06. The lowest BCUT2D eigenvalue weighted by Gasteiger charge is -2.33. The zero-order valence-corrected chi connectivity index (χ0v) is 16.7. The van der Waals surface area contributed by atoms with Crippen molar-refractivity contribution in [1.29, 1.82) is 0 Å². The molecule has 0 radical (unpaired) electrons. The van der Waals surface area contributed by atoms with Crippen molar-refractivity contribution in [3.63, 3.8) is 0 Å². The van der Waals surface area contributed by atoms with Crippen molar-refractivity contribution in [3.05, 3.63) is 58.4 Å². The Bertz CT molecular complexity index is 1090. The number of nitrogens with one attached hydrogen (secondary N) is 1. The van der Waals surface area contributed by atoms with Crippen LogP contribution in [0.25, 0.3) is 0 Å². The molecule has 1 aliphatic rings. The van der Waals surface area contributed by atoms with Gasteiger partial charge in [0.1, 0.15) is 5.69 Å². The van der Waals surface area contributed by atoms with Crippen LogP contribution >= 0.6 is 0 Å². The predicted molar refractivity (Wildman–Crippen MR) is 103 cm³/mol. The van der Waals surface area contributed by atoms with E-state index in [1.807, 2.05) is 0 Å². The lowest BCUT2D eigenvalue weighted by molar-refractivity contribution is -0.384. The summed E-state index contributed by atoms with van der Waals surface area (Å²) in [4.78, 5) is 27.0. The van der Waals surface area contributed by atoms with Gasteiger partial charge in [0.2, 0.25) is 0 Å². The molecule has 31 heavy (non-hydrogen) atoms. The second-order valence-electron chi connectivity index (χ2n) is 6.83. The number of hydrogen-bond donors (Lipinski definition) is 1. The minimum atomic E-state index is -5.70. The summed E-state index contributed by atoms with van der Waals surface area (Å²) in [5.74, 6) is -0.306. The number of halogens is 3. The maximum Gasteiger partial charge on any atom is 0.501 e. The average Bonchev–Trinajstić information content (AvgIpc) is 2.73. The molecule has 1 aromatic heterocycles. The van der Waals surface area contributed by atoms with Crippen LogP contribution in [0, 0.1) is 10.1 Å². The summed E-state index contributed by atoms with van der Waals surface area (Å²) in [5, 5.41) is 14.2. The van der Waals surface area contributed by atoms with Gasteiger partial charge in [0.05, 0.1) is 15.4 Å². The van der Waals surface area contributed by atoms with Gasteiger partial charge >= 0.3 is 5.51 Å². The molecule has 3 rings (SSSR count). The number of benzene rings is 1. The number of rotatable bonds is 5. The third-order valence-electron chi connectivity index (χ3n) is 4.85. The van der Waals surface area contributed by atoms with E-state index < -0.39 is 30.9 Å². The molecule has 0 saturated carbocycles. The number of anilines is 1. The Kier molecular flexibility index (Phi) is 6.15. The Labute approximate surface area is 175 Å². The molecule has 1 saturated heterocycles. The summed E-state index contributed by atoms with van der Waals surface area (Å²) in [6.45, 7) is 0.564. The third-order valence-corrected chi connectivity index (χ3v) is 6.34. The summed E-state index contributed by atoms with van der Waals surface area (Å²) in [6.07, 6.45) is 3.83. The Balaban J connectivity index is 1.74. The molecular formula is C18H17F3N4O5S. The first-order chi connectivity index (χ1) is 14.5. The van der Waals surface area contributed by atoms with Crippen molar-refractivity contribution in [1.82, 2.24) is 10.3 Å². The van der Waals surface area contributed by atoms with E-state index in [1.165, 1.54) is 12.4 Å². The number of nitro groups is 1. The van der Waals surface area contributed by atoms with Crippen LogP contribution in [0.15, 0.2) is 47.6 Å². The van der Waals surface area contributed by atoms with Gasteiger partial charge in [0, 0.05) is 37.6 Å². The van der Waals surface area contributed by atoms with Crippen LogP contribution in [-0.4, -0.2) is 48.9 Å². The summed E-state index contributed by atoms with van der Waals surface area (Å²) < 4.78 is 61.5. The minimum Gasteiger partial charge on any atom is -0.366 e. The highest BCUT2D eigenvalue weighted by Gasteiger charge is 2.47. The number of aromatic nitrogens is 1. The van der Waals surface area contributed by atoms with Gasteiger partial charge in [0.15, 0.2) is 0 Å². The molecule has 0 unspecified atom stereocenters. The molecule has 0 spiro atoms. The smallest absolute Gasteiger partial charge is 0.366 e. The van der Waals surface area contributed by atoms with Crippen molar-refractivity contribution in [2.24, 2.45) is 0 Å². The van der Waals surface area contributed by atoms with Crippen LogP contribution in [0.2, 0.25) is 0 Å². The Hall–Kier alpha value is -3.22. The first kappa shape index (κ1) is 22.5. The van der Waals surface area contributed by atoms with E-state index in [-0.39, 0.29) is 30.7 Å². The van der Waals surface area contributed by atoms with Crippen molar-refractivity contribution in [3.8, 4) is 0 Å². The lowest BCUT2D eigenvalue weighted by atomic mass is 10.0. The van der Waals surface area contributed by atoms with Gasteiger partial charge < -0.3 is 10.2 Å². The summed E-state index contributed by atoms with van der Waals surface area (Å²) in [6, 6.07) is 5.17. The number of carbonyl (C=O) groups excluding carboxylic acids is 1. The van der Waals surface area contributed by atoms with Crippen LogP contribution in [0.5, 0.6) is 0 Å². The number of hydrogen-bond acceptors (Lipinski definition) is 7. The van der Waals surface area contributed by atoms with Gasteiger partial charge in [-0.05, 0) is 37.1 Å². The van der Waals surface area contributed by atoms with E-state index in [1.54, 1.807) is 17.0 Å². The molecule has 166 valence electrons. The zero-order chi connectivity index (χ0) is 22.8. The molecule has 0 atom stereocenters. The Morgan fingerprint density at radius 3 is 2.45 bits per heavy atom. The van der Waals surface area contributed by atoms with E-state index in [2.05, 4.69) is 10.3 Å². The number of carbonyl (C=O) groups is 1. The number of alkyl halides is 3. The number of nitro benzene ring substituents is 1. The fourth-order valence-corrected chi connectivity index (χ4v) is 4.03. The monoisotopic (exact) mass is 458 g/mol. The number of amides is 1. The Morgan fingerprint density at radius 2 is 1.90 bits per heavy atom. The average molecular weight is 458 g/mol. The van der Waals surface area contributed by atoms with E-state index in [0.29, 0.717) is 30.5 Å². The molecule has 1 fully saturated rings. The lowest BCUT2D eigenvalue weighted by Crippen LogP contribution is -2.44. The van der Waals surface area contributed by atoms with E-state index in [9.17, 15) is 36.5 Å². The molecule has 1 N–H and O–H groups in total. The van der Waals surface area contributed by atoms with Gasteiger partial charge in [-0.25, -0.2) is 8.42 Å². The van der Waals surface area contributed by atoms with Gasteiger partial charge in [-0.2, -0.15) is 13.2 Å². The second-order valence-corrected chi connectivity index (χ2v) is 8.77. The second kappa shape index (κ2) is 8.49. The maximum atomic E-state index is 12.8. The zero-order valence-electron chi connectivity index (χ0n) is 15.9. The topological polar surface area (TPSA) is 123 Å². The van der Waals surface area contributed by atoms with Gasteiger partial charge in [-0.1, -0.05) is 0 Å². The number of piperidine rings is 1. The van der Waals surface area contributed by atoms with Crippen molar-refractivity contribution >= 4 is 27.1 Å². The van der Waals surface area contributed by atoms with Gasteiger partial charge in [0.25, 0.3) is 21.4 Å². The highest BCUT2D eigenvalue weighted by atomic mass is 32.2. The molecule has 0 aliphatic carbocycles. The van der Waals surface area contributed by atoms with E-state index in [4.69, 9.17) is 0 Å². The molecule has 1 aliphatic heterocycles. The Morgan fingerprint density at radius 1 is 1.23 bits per heavy atom. The quantitative estimate of drug-likeness (QED) is 0.540.